The largest absolute Gasteiger partial charge is 0.477 e. The lowest BCUT2D eigenvalue weighted by Crippen LogP contribution is -2.60. The number of carbonyl (C=O) groups is 2. The third kappa shape index (κ3) is 6.87. The van der Waals surface area contributed by atoms with E-state index in [4.69, 9.17) is 9.47 Å². The predicted molar refractivity (Wildman–Crippen MR) is 144 cm³/mol. The Kier molecular flexibility index (Phi) is 8.58. The fourth-order valence-electron chi connectivity index (χ4n) is 5.27. The van der Waals surface area contributed by atoms with Crippen molar-refractivity contribution in [3.8, 4) is 5.88 Å². The van der Waals surface area contributed by atoms with E-state index >= 15 is 0 Å². The Bertz CT molecular complexity index is 1210. The Morgan fingerprint density at radius 1 is 1.17 bits per heavy atom. The first-order chi connectivity index (χ1) is 19.7. The SMILES string of the molecule is CCOc1cnc(NC(=O)N(C)[C@H]2CN(c3nccc(NC(=O)O[C@@H]4C[C@H]5CNCCN5C4)n3)CCC2(F)F)cn1. The van der Waals surface area contributed by atoms with Gasteiger partial charge >= 0.3 is 12.1 Å². The summed E-state index contributed by atoms with van der Waals surface area (Å²) in [6, 6.07) is -0.396. The molecule has 0 saturated carbocycles. The van der Waals surface area contributed by atoms with E-state index in [1.54, 1.807) is 11.8 Å². The lowest BCUT2D eigenvalue weighted by Gasteiger charge is -2.42. The van der Waals surface area contributed by atoms with Crippen LogP contribution < -0.4 is 25.6 Å². The first kappa shape index (κ1) is 28.6. The van der Waals surface area contributed by atoms with Crippen molar-refractivity contribution in [2.75, 3.05) is 68.5 Å². The number of hydrogen-bond donors (Lipinski definition) is 3. The molecule has 3 aliphatic heterocycles. The van der Waals surface area contributed by atoms with Crippen molar-refractivity contribution in [1.29, 1.82) is 0 Å². The number of alkyl halides is 2. The summed E-state index contributed by atoms with van der Waals surface area (Å²) in [5, 5.41) is 8.45. The molecular formula is C25H34F2N10O4. The van der Waals surface area contributed by atoms with E-state index < -0.39 is 30.5 Å². The van der Waals surface area contributed by atoms with Gasteiger partial charge in [0.2, 0.25) is 11.8 Å². The highest BCUT2D eigenvalue weighted by Crippen LogP contribution is 2.33. The molecule has 0 radical (unpaired) electrons. The minimum atomic E-state index is -3.16. The Labute approximate surface area is 235 Å². The summed E-state index contributed by atoms with van der Waals surface area (Å²) in [5.74, 6) is -2.44. The van der Waals surface area contributed by atoms with Gasteiger partial charge in [-0.15, -0.1) is 0 Å². The molecule has 16 heteroatoms. The molecule has 3 aliphatic rings. The maximum atomic E-state index is 15.0. The Hall–Kier alpha value is -3.92. The maximum Gasteiger partial charge on any atom is 0.413 e. The van der Waals surface area contributed by atoms with Crippen LogP contribution in [0.25, 0.3) is 0 Å². The molecule has 2 aromatic rings. The van der Waals surface area contributed by atoms with Crippen molar-refractivity contribution in [2.24, 2.45) is 0 Å². The van der Waals surface area contributed by atoms with Gasteiger partial charge in [0.1, 0.15) is 18.0 Å². The van der Waals surface area contributed by atoms with Gasteiger partial charge in [0.25, 0.3) is 5.92 Å². The molecule has 0 aliphatic carbocycles. The van der Waals surface area contributed by atoms with Gasteiger partial charge in [-0.1, -0.05) is 0 Å². The lowest BCUT2D eigenvalue weighted by atomic mass is 10.00. The highest BCUT2D eigenvalue weighted by atomic mass is 19.3. The van der Waals surface area contributed by atoms with Crippen molar-refractivity contribution in [3.05, 3.63) is 24.7 Å². The fourth-order valence-corrected chi connectivity index (χ4v) is 5.27. The molecule has 14 nitrogen and oxygen atoms in total. The van der Waals surface area contributed by atoms with Crippen LogP contribution in [0.15, 0.2) is 24.7 Å². The second kappa shape index (κ2) is 12.3. The van der Waals surface area contributed by atoms with Crippen LogP contribution >= 0.6 is 0 Å². The number of halogens is 2. The zero-order valence-electron chi connectivity index (χ0n) is 22.9. The van der Waals surface area contributed by atoms with Crippen LogP contribution in [-0.4, -0.2) is 119 Å². The van der Waals surface area contributed by atoms with Gasteiger partial charge in [0.05, 0.1) is 19.0 Å². The van der Waals surface area contributed by atoms with E-state index in [0.29, 0.717) is 19.2 Å². The third-order valence-electron chi connectivity index (χ3n) is 7.41. The molecule has 41 heavy (non-hydrogen) atoms. The van der Waals surface area contributed by atoms with Gasteiger partial charge in [-0.2, -0.15) is 4.98 Å². The van der Waals surface area contributed by atoms with E-state index in [9.17, 15) is 18.4 Å². The molecule has 0 unspecified atom stereocenters. The van der Waals surface area contributed by atoms with Crippen molar-refractivity contribution in [1.82, 2.24) is 35.1 Å². The number of hydrogen-bond acceptors (Lipinski definition) is 11. The van der Waals surface area contributed by atoms with Crippen LogP contribution in [0.4, 0.5) is 36.0 Å². The summed E-state index contributed by atoms with van der Waals surface area (Å²) in [4.78, 5) is 46.8. The number of likely N-dealkylation sites (N-methyl/N-ethyl adjacent to an activating group) is 1. The zero-order valence-corrected chi connectivity index (χ0v) is 22.9. The minimum absolute atomic E-state index is 0.0371. The van der Waals surface area contributed by atoms with Crippen LogP contribution in [0.3, 0.4) is 0 Å². The number of nitrogens with one attached hydrogen (secondary N) is 3. The molecule has 222 valence electrons. The van der Waals surface area contributed by atoms with Gasteiger partial charge in [-0.05, 0) is 13.0 Å². The Morgan fingerprint density at radius 3 is 2.78 bits per heavy atom. The van der Waals surface area contributed by atoms with Crippen LogP contribution in [0.1, 0.15) is 19.8 Å². The summed E-state index contributed by atoms with van der Waals surface area (Å²) >= 11 is 0. The second-order valence-electron chi connectivity index (χ2n) is 10.2. The number of aromatic nitrogens is 4. The Morgan fingerprint density at radius 2 is 2.02 bits per heavy atom. The number of anilines is 3. The van der Waals surface area contributed by atoms with Gasteiger partial charge in [0, 0.05) is 71.4 Å². The van der Waals surface area contributed by atoms with Crippen molar-refractivity contribution >= 4 is 29.7 Å². The van der Waals surface area contributed by atoms with Crippen LogP contribution in [0.5, 0.6) is 5.88 Å². The predicted octanol–water partition coefficient (Wildman–Crippen LogP) is 1.64. The van der Waals surface area contributed by atoms with Crippen molar-refractivity contribution < 1.29 is 27.8 Å². The molecule has 3 saturated heterocycles. The standard InChI is InChI=1S/C25H34F2N10O4/c1-3-40-21-13-30-20(12-31-21)33-23(38)35(2)18-15-37(8-5-25(18,26)27)22-29-6-4-19(32-22)34-24(39)41-17-10-16-11-28-7-9-36(16)14-17/h4,6,12-13,16-18,28H,3,5,7-11,14-15H2,1-2H3,(H,30,33,38)(H,29,32,34,39)/t16-,17+,18-/m0/s1. The van der Waals surface area contributed by atoms with Gasteiger partial charge < -0.3 is 24.6 Å². The number of ether oxygens (including phenoxy) is 2. The maximum absolute atomic E-state index is 15.0. The van der Waals surface area contributed by atoms with Gasteiger partial charge in [0.15, 0.2) is 5.82 Å². The molecule has 3 fully saturated rings. The number of piperazine rings is 1. The van der Waals surface area contributed by atoms with E-state index in [2.05, 4.69) is 40.8 Å². The van der Waals surface area contributed by atoms with Crippen LogP contribution in [0.2, 0.25) is 0 Å². The second-order valence-corrected chi connectivity index (χ2v) is 10.2. The molecule has 0 bridgehead atoms. The number of piperidine rings is 1. The minimum Gasteiger partial charge on any atom is -0.477 e. The van der Waals surface area contributed by atoms with Crippen molar-refractivity contribution in [2.45, 2.75) is 43.9 Å². The van der Waals surface area contributed by atoms with E-state index in [-0.39, 0.29) is 42.7 Å². The highest BCUT2D eigenvalue weighted by molar-refractivity contribution is 5.88. The quantitative estimate of drug-likeness (QED) is 0.441. The van der Waals surface area contributed by atoms with Gasteiger partial charge in [-0.3, -0.25) is 15.5 Å². The van der Waals surface area contributed by atoms with Crippen LogP contribution in [0, 0.1) is 0 Å². The van der Waals surface area contributed by atoms with Crippen LogP contribution in [-0.2, 0) is 4.74 Å². The first-order valence-corrected chi connectivity index (χ1v) is 13.6. The molecule has 0 aromatic carbocycles. The molecule has 3 atom stereocenters. The fraction of sp³-hybridized carbons (Fsp3) is 0.600. The lowest BCUT2D eigenvalue weighted by molar-refractivity contribution is -0.0760. The summed E-state index contributed by atoms with van der Waals surface area (Å²) in [5.41, 5.74) is 0. The third-order valence-corrected chi connectivity index (χ3v) is 7.41. The molecule has 5 heterocycles. The summed E-state index contributed by atoms with van der Waals surface area (Å²) in [7, 11) is 1.29. The number of rotatable bonds is 7. The number of carbonyl (C=O) groups excluding carboxylic acids is 2. The number of nitrogens with zero attached hydrogens (tertiary/aromatic N) is 7. The summed E-state index contributed by atoms with van der Waals surface area (Å²) < 4.78 is 40.8. The smallest absolute Gasteiger partial charge is 0.413 e. The molecule has 3 amide bonds. The summed E-state index contributed by atoms with van der Waals surface area (Å²) in [6.07, 6.45) is 3.43. The monoisotopic (exact) mass is 576 g/mol. The van der Waals surface area contributed by atoms with Crippen molar-refractivity contribution in [3.63, 3.8) is 0 Å². The van der Waals surface area contributed by atoms with Gasteiger partial charge in [-0.25, -0.2) is 33.3 Å². The zero-order chi connectivity index (χ0) is 29.0. The van der Waals surface area contributed by atoms with E-state index in [0.717, 1.165) is 31.0 Å². The summed E-state index contributed by atoms with van der Waals surface area (Å²) in [6.45, 7) is 5.33. The number of urea groups is 1. The molecule has 3 N–H and O–H groups in total. The molecule has 2 aromatic heterocycles. The number of amides is 3. The first-order valence-electron chi connectivity index (χ1n) is 13.6. The average Bonchev–Trinajstić information content (AvgIpc) is 3.36. The number of fused-ring (bicyclic) bond motifs is 1. The molecule has 5 rings (SSSR count). The average molecular weight is 577 g/mol. The topological polar surface area (TPSA) is 150 Å². The Balaban J connectivity index is 1.19. The molecular weight excluding hydrogens is 542 g/mol. The van der Waals surface area contributed by atoms with E-state index in [1.807, 2.05) is 0 Å². The molecule has 0 spiro atoms. The highest BCUT2D eigenvalue weighted by Gasteiger charge is 2.48. The van der Waals surface area contributed by atoms with E-state index in [1.165, 1.54) is 31.7 Å². The normalized spacial score (nSPS) is 23.8.